The van der Waals surface area contributed by atoms with Gasteiger partial charge in [0.1, 0.15) is 0 Å². The monoisotopic (exact) mass is 367 g/mol. The Balaban J connectivity index is 1.49. The molecular formula is C20H25N5O2. The van der Waals surface area contributed by atoms with Crippen molar-refractivity contribution in [3.63, 3.8) is 0 Å². The summed E-state index contributed by atoms with van der Waals surface area (Å²) in [7, 11) is 1.88. The minimum absolute atomic E-state index is 0.00407. The van der Waals surface area contributed by atoms with Crippen LogP contribution in [0.2, 0.25) is 0 Å². The standard InChI is InChI=1S/C20H25N5O2/c1-13-8-5-6-9-16(13)20-22-19(27-24-20)11-7-10-18(26)21-14(2)17-12-25(4)23-15(17)3/h5-6,8-9,12,14H,7,10-11H2,1-4H3,(H,21,26)/t14-/m0/s1. The second-order valence-electron chi connectivity index (χ2n) is 6.81. The van der Waals surface area contributed by atoms with Crippen LogP contribution in [0.4, 0.5) is 0 Å². The second-order valence-corrected chi connectivity index (χ2v) is 6.81. The van der Waals surface area contributed by atoms with E-state index in [1.54, 1.807) is 4.68 Å². The van der Waals surface area contributed by atoms with Crippen LogP contribution in [0, 0.1) is 13.8 Å². The Morgan fingerprint density at radius 2 is 2.07 bits per heavy atom. The number of nitrogens with one attached hydrogen (secondary N) is 1. The van der Waals surface area contributed by atoms with E-state index >= 15 is 0 Å². The number of benzene rings is 1. The molecule has 2 aromatic heterocycles. The SMILES string of the molecule is Cc1ccccc1-c1noc(CCCC(=O)N[C@@H](C)c2cn(C)nc2C)n1. The van der Waals surface area contributed by atoms with Gasteiger partial charge >= 0.3 is 0 Å². The topological polar surface area (TPSA) is 85.8 Å². The number of aromatic nitrogens is 4. The van der Waals surface area contributed by atoms with Crippen LogP contribution in [0.1, 0.15) is 48.5 Å². The fourth-order valence-electron chi connectivity index (χ4n) is 3.12. The number of amides is 1. The van der Waals surface area contributed by atoms with Gasteiger partial charge in [0.05, 0.1) is 11.7 Å². The zero-order chi connectivity index (χ0) is 19.4. The smallest absolute Gasteiger partial charge is 0.226 e. The molecule has 0 unspecified atom stereocenters. The van der Waals surface area contributed by atoms with Crippen molar-refractivity contribution < 1.29 is 9.32 Å². The summed E-state index contributed by atoms with van der Waals surface area (Å²) in [5.74, 6) is 1.15. The minimum atomic E-state index is -0.0673. The van der Waals surface area contributed by atoms with E-state index in [2.05, 4.69) is 20.6 Å². The Labute approximate surface area is 158 Å². The highest BCUT2D eigenvalue weighted by atomic mass is 16.5. The summed E-state index contributed by atoms with van der Waals surface area (Å²) < 4.78 is 7.08. The molecule has 142 valence electrons. The van der Waals surface area contributed by atoms with Crippen molar-refractivity contribution in [3.05, 3.63) is 53.2 Å². The summed E-state index contributed by atoms with van der Waals surface area (Å²) in [4.78, 5) is 16.6. The van der Waals surface area contributed by atoms with Gasteiger partial charge in [-0.2, -0.15) is 10.1 Å². The molecule has 0 aliphatic rings. The third-order valence-electron chi connectivity index (χ3n) is 4.54. The average molecular weight is 367 g/mol. The number of carbonyl (C=O) groups is 1. The largest absolute Gasteiger partial charge is 0.349 e. The van der Waals surface area contributed by atoms with Crippen LogP contribution in [0.3, 0.4) is 0 Å². The molecule has 0 aliphatic heterocycles. The van der Waals surface area contributed by atoms with E-state index in [1.807, 2.05) is 58.3 Å². The molecule has 3 aromatic rings. The van der Waals surface area contributed by atoms with Crippen LogP contribution in [-0.4, -0.2) is 25.8 Å². The Kier molecular flexibility index (Phi) is 5.69. The van der Waals surface area contributed by atoms with E-state index in [1.165, 1.54) is 0 Å². The van der Waals surface area contributed by atoms with Crippen molar-refractivity contribution in [1.82, 2.24) is 25.2 Å². The number of carbonyl (C=O) groups excluding carboxylic acids is 1. The number of hydrogen-bond acceptors (Lipinski definition) is 5. The molecule has 1 amide bonds. The van der Waals surface area contributed by atoms with Crippen LogP contribution in [-0.2, 0) is 18.3 Å². The lowest BCUT2D eigenvalue weighted by molar-refractivity contribution is -0.121. The minimum Gasteiger partial charge on any atom is -0.349 e. The molecule has 0 bridgehead atoms. The zero-order valence-corrected chi connectivity index (χ0v) is 16.2. The molecule has 0 aliphatic carbocycles. The molecule has 0 spiro atoms. The summed E-state index contributed by atoms with van der Waals surface area (Å²) >= 11 is 0. The van der Waals surface area contributed by atoms with Crippen LogP contribution in [0.25, 0.3) is 11.4 Å². The summed E-state index contributed by atoms with van der Waals surface area (Å²) in [6.45, 7) is 5.93. The highest BCUT2D eigenvalue weighted by Crippen LogP contribution is 2.20. The third-order valence-corrected chi connectivity index (χ3v) is 4.54. The second kappa shape index (κ2) is 8.16. The first-order valence-corrected chi connectivity index (χ1v) is 9.12. The molecule has 7 heteroatoms. The summed E-state index contributed by atoms with van der Waals surface area (Å²) in [6, 6.07) is 7.85. The molecule has 0 saturated heterocycles. The predicted octanol–water partition coefficient (Wildman–Crippen LogP) is 3.29. The molecule has 0 saturated carbocycles. The Bertz CT molecular complexity index is 928. The Hall–Kier alpha value is -2.96. The zero-order valence-electron chi connectivity index (χ0n) is 16.2. The lowest BCUT2D eigenvalue weighted by Gasteiger charge is -2.12. The Morgan fingerprint density at radius 3 is 2.78 bits per heavy atom. The van der Waals surface area contributed by atoms with Crippen molar-refractivity contribution >= 4 is 5.91 Å². The quantitative estimate of drug-likeness (QED) is 0.692. The number of rotatable bonds is 7. The summed E-state index contributed by atoms with van der Waals surface area (Å²) in [6.07, 6.45) is 3.57. The van der Waals surface area contributed by atoms with E-state index in [9.17, 15) is 4.79 Å². The van der Waals surface area contributed by atoms with Gasteiger partial charge < -0.3 is 9.84 Å². The van der Waals surface area contributed by atoms with E-state index in [0.29, 0.717) is 31.0 Å². The Morgan fingerprint density at radius 1 is 1.30 bits per heavy atom. The van der Waals surface area contributed by atoms with Gasteiger partial charge in [0.15, 0.2) is 0 Å². The van der Waals surface area contributed by atoms with E-state index in [4.69, 9.17) is 4.52 Å². The van der Waals surface area contributed by atoms with E-state index in [-0.39, 0.29) is 11.9 Å². The lowest BCUT2D eigenvalue weighted by atomic mass is 10.1. The molecule has 27 heavy (non-hydrogen) atoms. The maximum absolute atomic E-state index is 12.2. The summed E-state index contributed by atoms with van der Waals surface area (Å²) in [5, 5.41) is 11.4. The first kappa shape index (κ1) is 18.8. The molecule has 7 nitrogen and oxygen atoms in total. The average Bonchev–Trinajstić information content (AvgIpc) is 3.21. The predicted molar refractivity (Wildman–Crippen MR) is 102 cm³/mol. The maximum atomic E-state index is 12.2. The number of hydrogen-bond donors (Lipinski definition) is 1. The fourth-order valence-corrected chi connectivity index (χ4v) is 3.12. The summed E-state index contributed by atoms with van der Waals surface area (Å²) in [5.41, 5.74) is 4.03. The molecule has 0 radical (unpaired) electrons. The van der Waals surface area contributed by atoms with Gasteiger partial charge in [0.25, 0.3) is 0 Å². The number of aryl methyl sites for hydroxylation is 4. The number of nitrogens with zero attached hydrogens (tertiary/aromatic N) is 4. The lowest BCUT2D eigenvalue weighted by Crippen LogP contribution is -2.26. The van der Waals surface area contributed by atoms with Crippen molar-refractivity contribution in [2.24, 2.45) is 7.05 Å². The first-order chi connectivity index (χ1) is 12.9. The molecule has 0 fully saturated rings. The van der Waals surface area contributed by atoms with Gasteiger partial charge in [-0.3, -0.25) is 9.48 Å². The maximum Gasteiger partial charge on any atom is 0.226 e. The molecule has 1 aromatic carbocycles. The van der Waals surface area contributed by atoms with Crippen molar-refractivity contribution in [3.8, 4) is 11.4 Å². The van der Waals surface area contributed by atoms with E-state index < -0.39 is 0 Å². The van der Waals surface area contributed by atoms with Crippen LogP contribution in [0.5, 0.6) is 0 Å². The van der Waals surface area contributed by atoms with Crippen molar-refractivity contribution in [1.29, 1.82) is 0 Å². The van der Waals surface area contributed by atoms with Gasteiger partial charge in [0, 0.05) is 37.2 Å². The van der Waals surface area contributed by atoms with Crippen LogP contribution >= 0.6 is 0 Å². The van der Waals surface area contributed by atoms with Gasteiger partial charge in [0.2, 0.25) is 17.6 Å². The van der Waals surface area contributed by atoms with Gasteiger partial charge in [-0.1, -0.05) is 29.4 Å². The molecule has 3 rings (SSSR count). The molecule has 1 atom stereocenters. The molecule has 1 N–H and O–H groups in total. The van der Waals surface area contributed by atoms with Crippen LogP contribution in [0.15, 0.2) is 35.0 Å². The highest BCUT2D eigenvalue weighted by molar-refractivity contribution is 5.76. The van der Waals surface area contributed by atoms with Gasteiger partial charge in [-0.05, 0) is 32.8 Å². The highest BCUT2D eigenvalue weighted by Gasteiger charge is 2.15. The third kappa shape index (κ3) is 4.61. The van der Waals surface area contributed by atoms with E-state index in [0.717, 1.165) is 22.4 Å². The normalized spacial score (nSPS) is 12.1. The first-order valence-electron chi connectivity index (χ1n) is 9.12. The van der Waals surface area contributed by atoms with Crippen molar-refractivity contribution in [2.45, 2.75) is 46.1 Å². The fraction of sp³-hybridized carbons (Fsp3) is 0.400. The van der Waals surface area contributed by atoms with Gasteiger partial charge in [-0.15, -0.1) is 0 Å². The van der Waals surface area contributed by atoms with Crippen LogP contribution < -0.4 is 5.32 Å². The molecular weight excluding hydrogens is 342 g/mol. The molecule has 2 heterocycles. The van der Waals surface area contributed by atoms with Gasteiger partial charge in [-0.25, -0.2) is 0 Å². The van der Waals surface area contributed by atoms with Crippen molar-refractivity contribution in [2.75, 3.05) is 0 Å².